The van der Waals surface area contributed by atoms with Crippen LogP contribution in [0.5, 0.6) is 5.75 Å². The highest BCUT2D eigenvalue weighted by atomic mass is 19.1. The van der Waals surface area contributed by atoms with Gasteiger partial charge >= 0.3 is 0 Å². The van der Waals surface area contributed by atoms with Gasteiger partial charge in [-0.2, -0.15) is 0 Å². The van der Waals surface area contributed by atoms with Gasteiger partial charge in [0.15, 0.2) is 0 Å². The van der Waals surface area contributed by atoms with Crippen LogP contribution in [0.1, 0.15) is 0 Å². The highest BCUT2D eigenvalue weighted by Crippen LogP contribution is 2.35. The third kappa shape index (κ3) is 2.03. The molecule has 0 spiro atoms. The molecule has 1 aromatic heterocycles. The number of methoxy groups -OCH3 is 1. The standard InChI is InChI=1S/C19H14FN2O/c1-23-19-11-18-14(13-4-2-3-5-15(13)19)8-9-22(18)12-6-7-17(21)16(20)10-12/h2-8,10-11H,21H2,1H3. The first-order valence-electron chi connectivity index (χ1n) is 7.23. The van der Waals surface area contributed by atoms with E-state index in [1.807, 2.05) is 41.0 Å². The zero-order valence-corrected chi connectivity index (χ0v) is 12.5. The lowest BCUT2D eigenvalue weighted by atomic mass is 10.1. The monoisotopic (exact) mass is 305 g/mol. The van der Waals surface area contributed by atoms with Crippen molar-refractivity contribution in [1.82, 2.24) is 4.57 Å². The highest BCUT2D eigenvalue weighted by molar-refractivity contribution is 6.09. The molecule has 1 radical (unpaired) electrons. The second-order valence-corrected chi connectivity index (χ2v) is 5.37. The van der Waals surface area contributed by atoms with E-state index in [1.54, 1.807) is 19.2 Å². The van der Waals surface area contributed by atoms with Gasteiger partial charge < -0.3 is 15.0 Å². The van der Waals surface area contributed by atoms with Crippen LogP contribution in [0.15, 0.2) is 54.6 Å². The summed E-state index contributed by atoms with van der Waals surface area (Å²) in [5.74, 6) is 0.336. The van der Waals surface area contributed by atoms with Gasteiger partial charge in [-0.05, 0) is 23.6 Å². The van der Waals surface area contributed by atoms with Gasteiger partial charge in [-0.15, -0.1) is 0 Å². The zero-order chi connectivity index (χ0) is 16.0. The molecule has 3 nitrogen and oxygen atoms in total. The molecule has 0 bridgehead atoms. The molecular formula is C19H14FN2O. The lowest BCUT2D eigenvalue weighted by molar-refractivity contribution is 0.420. The Balaban J connectivity index is 2.06. The highest BCUT2D eigenvalue weighted by Gasteiger charge is 2.12. The van der Waals surface area contributed by atoms with Gasteiger partial charge in [0.25, 0.3) is 0 Å². The number of rotatable bonds is 2. The molecule has 0 aliphatic rings. The van der Waals surface area contributed by atoms with Crippen molar-refractivity contribution < 1.29 is 9.13 Å². The Morgan fingerprint density at radius 3 is 2.57 bits per heavy atom. The number of halogens is 1. The summed E-state index contributed by atoms with van der Waals surface area (Å²) in [4.78, 5) is 0. The summed E-state index contributed by atoms with van der Waals surface area (Å²) in [7, 11) is 1.65. The molecule has 113 valence electrons. The van der Waals surface area contributed by atoms with Crippen LogP contribution >= 0.6 is 0 Å². The Bertz CT molecular complexity index is 1040. The summed E-state index contributed by atoms with van der Waals surface area (Å²) in [6.45, 7) is 0. The minimum atomic E-state index is -0.439. The number of benzene rings is 3. The predicted octanol–water partition coefficient (Wildman–Crippen LogP) is 4.31. The maximum Gasteiger partial charge on any atom is 0.148 e. The van der Waals surface area contributed by atoms with E-state index >= 15 is 0 Å². The number of ether oxygens (including phenoxy) is 1. The molecule has 2 N–H and O–H groups in total. The van der Waals surface area contributed by atoms with Gasteiger partial charge in [-0.25, -0.2) is 4.39 Å². The summed E-state index contributed by atoms with van der Waals surface area (Å²) in [6, 6.07) is 16.6. The van der Waals surface area contributed by atoms with Crippen molar-refractivity contribution in [3.8, 4) is 11.4 Å². The molecule has 0 atom stereocenters. The van der Waals surface area contributed by atoms with E-state index in [1.165, 1.54) is 6.07 Å². The van der Waals surface area contributed by atoms with Crippen molar-refractivity contribution in [2.24, 2.45) is 0 Å². The molecule has 0 aliphatic heterocycles. The second kappa shape index (κ2) is 5.02. The summed E-state index contributed by atoms with van der Waals surface area (Å²) in [5.41, 5.74) is 7.27. The number of anilines is 1. The quantitative estimate of drug-likeness (QED) is 0.560. The largest absolute Gasteiger partial charge is 0.496 e. The van der Waals surface area contributed by atoms with Crippen LogP contribution < -0.4 is 10.5 Å². The maximum atomic E-state index is 13.8. The Morgan fingerprint density at radius 1 is 1.04 bits per heavy atom. The number of nitrogens with two attached hydrogens (primary N) is 1. The molecule has 0 saturated carbocycles. The van der Waals surface area contributed by atoms with Crippen LogP contribution in [-0.2, 0) is 0 Å². The number of hydrogen-bond donors (Lipinski definition) is 1. The molecule has 4 aromatic rings. The van der Waals surface area contributed by atoms with Gasteiger partial charge in [0.05, 0.1) is 24.5 Å². The topological polar surface area (TPSA) is 40.2 Å². The van der Waals surface area contributed by atoms with E-state index in [0.717, 1.165) is 27.4 Å². The van der Waals surface area contributed by atoms with E-state index in [9.17, 15) is 4.39 Å². The molecule has 4 rings (SSSR count). The second-order valence-electron chi connectivity index (χ2n) is 5.37. The third-order valence-electron chi connectivity index (χ3n) is 4.07. The molecule has 0 amide bonds. The summed E-state index contributed by atoms with van der Waals surface area (Å²) >= 11 is 0. The minimum absolute atomic E-state index is 0.133. The van der Waals surface area contributed by atoms with E-state index in [2.05, 4.69) is 6.20 Å². The lowest BCUT2D eigenvalue weighted by Crippen LogP contribution is -1.97. The average molecular weight is 305 g/mol. The van der Waals surface area contributed by atoms with Crippen LogP contribution in [0.25, 0.3) is 27.4 Å². The molecular weight excluding hydrogens is 291 g/mol. The van der Waals surface area contributed by atoms with Crippen molar-refractivity contribution in [2.75, 3.05) is 12.8 Å². The smallest absolute Gasteiger partial charge is 0.148 e. The molecule has 23 heavy (non-hydrogen) atoms. The molecule has 0 saturated heterocycles. The Morgan fingerprint density at radius 2 is 1.83 bits per heavy atom. The third-order valence-corrected chi connectivity index (χ3v) is 4.07. The maximum absolute atomic E-state index is 13.8. The van der Waals surface area contributed by atoms with E-state index in [4.69, 9.17) is 10.5 Å². The van der Waals surface area contributed by atoms with Gasteiger partial charge in [-0.1, -0.05) is 24.3 Å². The Kier molecular flexibility index (Phi) is 2.98. The summed E-state index contributed by atoms with van der Waals surface area (Å²) in [5, 5.41) is 3.16. The molecule has 3 aromatic carbocycles. The predicted molar refractivity (Wildman–Crippen MR) is 90.5 cm³/mol. The first-order valence-corrected chi connectivity index (χ1v) is 7.23. The van der Waals surface area contributed by atoms with Gasteiger partial charge in [0.1, 0.15) is 11.6 Å². The van der Waals surface area contributed by atoms with Crippen molar-refractivity contribution in [2.45, 2.75) is 0 Å². The van der Waals surface area contributed by atoms with Crippen LogP contribution in [0, 0.1) is 12.0 Å². The fourth-order valence-electron chi connectivity index (χ4n) is 2.92. The van der Waals surface area contributed by atoms with Crippen LogP contribution in [-0.4, -0.2) is 11.7 Å². The van der Waals surface area contributed by atoms with Gasteiger partial charge in [0.2, 0.25) is 0 Å². The van der Waals surface area contributed by atoms with E-state index < -0.39 is 5.82 Å². The fourth-order valence-corrected chi connectivity index (χ4v) is 2.92. The summed E-state index contributed by atoms with van der Waals surface area (Å²) < 4.78 is 21.1. The molecule has 4 heteroatoms. The van der Waals surface area contributed by atoms with Crippen LogP contribution in [0.2, 0.25) is 0 Å². The molecule has 0 fully saturated rings. The number of nitrogen functional groups attached to an aromatic ring is 1. The van der Waals surface area contributed by atoms with E-state index in [0.29, 0.717) is 5.69 Å². The minimum Gasteiger partial charge on any atom is -0.496 e. The van der Waals surface area contributed by atoms with Crippen molar-refractivity contribution in [1.29, 1.82) is 0 Å². The summed E-state index contributed by atoms with van der Waals surface area (Å²) in [6.07, 6.45) is 3.17. The number of hydrogen-bond acceptors (Lipinski definition) is 2. The molecule has 0 unspecified atom stereocenters. The van der Waals surface area contributed by atoms with Gasteiger partial charge in [-0.3, -0.25) is 0 Å². The van der Waals surface area contributed by atoms with E-state index in [-0.39, 0.29) is 5.69 Å². The number of fused-ring (bicyclic) bond motifs is 3. The fraction of sp³-hybridized carbons (Fsp3) is 0.0526. The molecule has 0 aliphatic carbocycles. The van der Waals surface area contributed by atoms with Crippen molar-refractivity contribution in [3.05, 3.63) is 66.6 Å². The normalized spacial score (nSPS) is 11.2. The SMILES string of the molecule is COc1cc2c(c[c]n2-c2ccc(N)c(F)c2)c2ccccc12. The molecule has 1 heterocycles. The number of nitrogens with zero attached hydrogens (tertiary/aromatic N) is 1. The van der Waals surface area contributed by atoms with Gasteiger partial charge in [0, 0.05) is 28.6 Å². The number of aromatic nitrogens is 1. The Labute approximate surface area is 132 Å². The first-order chi connectivity index (χ1) is 11.2. The first kappa shape index (κ1) is 13.6. The van der Waals surface area contributed by atoms with Crippen molar-refractivity contribution >= 4 is 27.4 Å². The Hall–Kier alpha value is -3.01. The zero-order valence-electron chi connectivity index (χ0n) is 12.5. The van der Waals surface area contributed by atoms with Crippen LogP contribution in [0.3, 0.4) is 0 Å². The average Bonchev–Trinajstić information content (AvgIpc) is 3.00. The van der Waals surface area contributed by atoms with Crippen molar-refractivity contribution in [3.63, 3.8) is 0 Å². The lowest BCUT2D eigenvalue weighted by Gasteiger charge is -2.10. The van der Waals surface area contributed by atoms with Crippen LogP contribution in [0.4, 0.5) is 10.1 Å².